The number of sulfonamides is 1. The van der Waals surface area contributed by atoms with Crippen LogP contribution in [0.25, 0.3) is 0 Å². The van der Waals surface area contributed by atoms with E-state index in [-0.39, 0.29) is 81.4 Å². The smallest absolute Gasteiger partial charge is 0.315 e. The van der Waals surface area contributed by atoms with Gasteiger partial charge in [-0.25, -0.2) is 43.9 Å². The third-order valence-electron chi connectivity index (χ3n) is 34.5. The van der Waals surface area contributed by atoms with Crippen LogP contribution >= 0.6 is 0 Å². The number of nitrogens with zero attached hydrogens (tertiary/aromatic N) is 4. The van der Waals surface area contributed by atoms with Crippen LogP contribution in [-0.4, -0.2) is 282 Å². The maximum Gasteiger partial charge on any atom is 0.315 e. The highest BCUT2D eigenvalue weighted by molar-refractivity contribution is 7.92. The number of Topliss-reactive ketones (excluding diaryl/α,β-unsaturated/α-hetero) is 3. The highest BCUT2D eigenvalue weighted by atomic mass is 32.2. The zero-order chi connectivity index (χ0) is 109. The number of fused-ring (bicyclic) bond motifs is 3. The van der Waals surface area contributed by atoms with Gasteiger partial charge in [0.2, 0.25) is 62.8 Å². The summed E-state index contributed by atoms with van der Waals surface area (Å²) in [4.78, 5) is 209. The summed E-state index contributed by atoms with van der Waals surface area (Å²) in [5.74, 6) is -7.26. The van der Waals surface area contributed by atoms with Crippen LogP contribution in [-0.2, 0) is 87.2 Å². The molecule has 0 unspecified atom stereocenters. The molecule has 13 fully saturated rings. The minimum atomic E-state index is -3.59. The number of sulfone groups is 2. The summed E-state index contributed by atoms with van der Waals surface area (Å²) in [6.07, 6.45) is 21.5. The molecule has 13 aliphatic rings. The molecule has 146 heavy (non-hydrogen) atoms. The number of amides is 15. The topological polar surface area (TPSA) is 516 Å². The van der Waals surface area contributed by atoms with E-state index in [0.29, 0.717) is 110 Å². The van der Waals surface area contributed by atoms with Gasteiger partial charge >= 0.3 is 18.1 Å². The molecule has 40 heteroatoms. The molecule has 16 atom stereocenters. The van der Waals surface area contributed by atoms with Gasteiger partial charge in [-0.1, -0.05) is 221 Å². The van der Waals surface area contributed by atoms with E-state index < -0.39 is 221 Å². The number of hydrogen-bond acceptors (Lipinski definition) is 21. The Hall–Kier alpha value is -8.14. The van der Waals surface area contributed by atoms with E-state index in [1.165, 1.54) is 14.1 Å². The van der Waals surface area contributed by atoms with Gasteiger partial charge < -0.3 is 78.5 Å². The largest absolute Gasteiger partial charge is 0.347 e. The number of ketones is 3. The maximum absolute atomic E-state index is 14.5. The number of piperidine rings is 3. The molecule has 4 saturated heterocycles. The number of carbonyl (C=O) groups is 15. The molecule has 0 aromatic heterocycles. The Morgan fingerprint density at radius 2 is 0.664 bits per heavy atom. The van der Waals surface area contributed by atoms with Crippen molar-refractivity contribution >= 4 is 118 Å². The normalized spacial score (nSPS) is 27.1. The van der Waals surface area contributed by atoms with Crippen LogP contribution in [0.15, 0.2) is 0 Å². The second-order valence-electron chi connectivity index (χ2n) is 51.6. The van der Waals surface area contributed by atoms with Crippen molar-refractivity contribution in [3.05, 3.63) is 0 Å². The van der Waals surface area contributed by atoms with Crippen molar-refractivity contribution < 1.29 is 97.2 Å². The van der Waals surface area contributed by atoms with E-state index in [0.717, 1.165) is 116 Å². The minimum absolute atomic E-state index is 0.00450. The molecule has 826 valence electrons. The average molecular weight is 2110 g/mol. The molecule has 0 spiro atoms. The number of hydrogen-bond donors (Lipinski definition) is 12. The molecular formula is C106H178N16O21S3. The van der Waals surface area contributed by atoms with Crippen molar-refractivity contribution in [2.24, 2.45) is 68.0 Å². The van der Waals surface area contributed by atoms with Crippen molar-refractivity contribution in [1.82, 2.24) is 82.8 Å². The predicted octanol–water partition coefficient (Wildman–Crippen LogP) is 9.30. The highest BCUT2D eigenvalue weighted by Gasteiger charge is 2.73. The summed E-state index contributed by atoms with van der Waals surface area (Å²) in [6.45, 7) is 44.5. The van der Waals surface area contributed by atoms with Crippen LogP contribution in [0.4, 0.5) is 14.4 Å². The van der Waals surface area contributed by atoms with E-state index in [1.807, 2.05) is 83.1 Å². The summed E-state index contributed by atoms with van der Waals surface area (Å²) in [7, 11) is -9.04. The second-order valence-corrected chi connectivity index (χ2v) is 59.1. The first kappa shape index (κ1) is 118. The monoisotopic (exact) mass is 2110 g/mol. The molecule has 13 rings (SSSR count). The fourth-order valence-electron chi connectivity index (χ4n) is 24.1. The Morgan fingerprint density at radius 1 is 0.384 bits per heavy atom. The average Bonchev–Trinajstić information content (AvgIpc) is 1.53. The Morgan fingerprint density at radius 3 is 0.918 bits per heavy atom. The summed E-state index contributed by atoms with van der Waals surface area (Å²) in [5, 5.41) is 33.2. The molecule has 0 aromatic rings. The first-order valence-electron chi connectivity index (χ1n) is 54.6. The SMILES string of the molecule is CCCC[C@H](NC(=O)[C@@H]1[C@@H]2[C@H](CN1C(=O)[C@@H](NC(=O)NC1(CS(=O)(=O)C(C)(C)C)CCCCC1)C(C)(C)C)C2(C)C)C(=O)C(=O)NC1CC1.CCCC[C@H](NC(=O)[C@@H]1[C@@H]2[C@H](CN1C(=O)[C@@H](NC(=O)NC1(CS(=O)(=O)C(C)C)CCCCC1)C(C)(C)C)C2(C)C)C(=O)C(=O)NC1CC1.CCCC[C@H](NC(=O)[C@@H]1[C@@H]2[C@H](CN1C(=O)[C@@H](NC(=O)NC1([C@H]3CCN(C)S3(=O)=O)CCCCC1)C(C)(C)C)C2(C)C)C(=O)C(=O)NC1CC1. The van der Waals surface area contributed by atoms with Crippen molar-refractivity contribution in [1.29, 1.82) is 0 Å². The molecule has 4 heterocycles. The number of nitrogens with one attached hydrogen (secondary N) is 12. The fourth-order valence-corrected chi connectivity index (χ4v) is 29.1. The standard InChI is InChI=1S/C36H61N5O7S.C35H58N6O7S.C35H59N5O7S/c1-10-11-15-24(27(42)30(44)37-22-16-17-22)38-29(43)26-25-23(35(25,8)9)20-41(26)31(45)28(33(2,3)4)39-32(46)40-36(18-13-12-14-19-36)21-49(47,48)34(5,6)7;1-8-9-13-23(27(42)30(44)36-21-14-15-21)37-29(43)26-25-22(34(25,5)6)20-41(26)31(45)28(33(2,3)4)38-32(46)39-35(17-11-10-12-18-35)24-16-19-40(7)49(24,47)48;1-9-10-14-24(27(41)30(43)36-22-15-16-22)37-29(42)26-25-23(34(25,7)8)19-40(26)31(44)28(33(4,5)6)38-32(45)39-35(17-12-11-13-18-35)20-48(46,47)21(2)3/h22-26,28H,10-21H2,1-9H3,(H,37,44)(H,38,43)(H2,39,40,46);21-26,28H,8-20H2,1-7H3,(H,36,44)(H,37,43)(H2,38,39,46);21-26,28H,9-20H2,1-8H3,(H,36,43)(H,37,42)(H2,38,39,45)/t23-,24-,25-,26-,28+;22-,23-,24+,25-,26-,28+;23-,24-,25-,26-,28+/m000/s1. The third kappa shape index (κ3) is 27.5. The zero-order valence-corrected chi connectivity index (χ0v) is 94.2. The molecule has 0 radical (unpaired) electrons. The quantitative estimate of drug-likeness (QED) is 0.0255. The molecule has 9 saturated carbocycles. The molecule has 9 aliphatic carbocycles. The van der Waals surface area contributed by atoms with Gasteiger partial charge in [0.25, 0.3) is 17.7 Å². The van der Waals surface area contributed by atoms with E-state index in [9.17, 15) is 97.2 Å². The lowest BCUT2D eigenvalue weighted by atomic mass is 9.78. The highest BCUT2D eigenvalue weighted by Crippen LogP contribution is 2.67. The van der Waals surface area contributed by atoms with Crippen LogP contribution in [0.1, 0.15) is 358 Å². The van der Waals surface area contributed by atoms with Crippen LogP contribution in [0.3, 0.4) is 0 Å². The van der Waals surface area contributed by atoms with E-state index >= 15 is 0 Å². The Bertz CT molecular complexity index is 5190. The number of likely N-dealkylation sites (tertiary alicyclic amines) is 3. The number of urea groups is 3. The second kappa shape index (κ2) is 45.4. The maximum atomic E-state index is 14.5. The van der Waals surface area contributed by atoms with E-state index in [4.69, 9.17) is 0 Å². The van der Waals surface area contributed by atoms with Crippen molar-refractivity contribution in [3.8, 4) is 0 Å². The van der Waals surface area contributed by atoms with Gasteiger partial charge in [-0.05, 0) is 205 Å². The van der Waals surface area contributed by atoms with Crippen LogP contribution < -0.4 is 63.8 Å². The third-order valence-corrected chi connectivity index (χ3v) is 42.1. The van der Waals surface area contributed by atoms with Crippen molar-refractivity contribution in [2.45, 2.75) is 463 Å². The van der Waals surface area contributed by atoms with Crippen molar-refractivity contribution in [2.75, 3.05) is 44.7 Å². The van der Waals surface area contributed by atoms with Crippen molar-refractivity contribution in [3.63, 3.8) is 0 Å². The summed E-state index contributed by atoms with van der Waals surface area (Å²) < 4.78 is 79.6. The summed E-state index contributed by atoms with van der Waals surface area (Å²) in [6, 6.07) is -10.5. The Labute approximate surface area is 868 Å². The molecule has 4 aliphatic heterocycles. The molecule has 0 aromatic carbocycles. The lowest BCUT2D eigenvalue weighted by Crippen LogP contribution is -2.65. The lowest BCUT2D eigenvalue weighted by molar-refractivity contribution is -0.145. The van der Waals surface area contributed by atoms with Gasteiger partial charge in [-0.3, -0.25) is 57.5 Å². The van der Waals surface area contributed by atoms with Crippen LogP contribution in [0.5, 0.6) is 0 Å². The predicted molar refractivity (Wildman–Crippen MR) is 556 cm³/mol. The Balaban J connectivity index is 0.000000208. The molecule has 0 bridgehead atoms. The Kier molecular flexibility index (Phi) is 36.7. The van der Waals surface area contributed by atoms with E-state index in [1.54, 1.807) is 46.6 Å². The number of unbranched alkanes of at least 4 members (excludes halogenated alkanes) is 3. The molecule has 37 nitrogen and oxygen atoms in total. The first-order chi connectivity index (χ1) is 67.6. The zero-order valence-electron chi connectivity index (χ0n) is 91.8. The molecule has 12 N–H and O–H groups in total. The molecule has 15 amide bonds. The first-order valence-corrected chi connectivity index (χ1v) is 59.5. The van der Waals surface area contributed by atoms with Gasteiger partial charge in [-0.2, -0.15) is 0 Å². The van der Waals surface area contributed by atoms with Gasteiger partial charge in [-0.15, -0.1) is 0 Å². The van der Waals surface area contributed by atoms with Crippen LogP contribution in [0.2, 0.25) is 0 Å². The minimum Gasteiger partial charge on any atom is -0.347 e. The van der Waals surface area contributed by atoms with Gasteiger partial charge in [0.05, 0.1) is 61.5 Å². The van der Waals surface area contributed by atoms with Gasteiger partial charge in [0, 0.05) is 51.4 Å². The van der Waals surface area contributed by atoms with Gasteiger partial charge in [0.15, 0.2) is 19.7 Å². The fraction of sp³-hybridized carbons (Fsp3) is 0.858. The number of carbonyl (C=O) groups excluding carboxylic acids is 15. The van der Waals surface area contributed by atoms with Gasteiger partial charge in [0.1, 0.15) is 36.3 Å². The van der Waals surface area contributed by atoms with E-state index in [2.05, 4.69) is 105 Å². The summed E-state index contributed by atoms with van der Waals surface area (Å²) in [5.41, 5.74) is -5.65. The summed E-state index contributed by atoms with van der Waals surface area (Å²) >= 11 is 0. The lowest BCUT2D eigenvalue weighted by Gasteiger charge is -2.43. The van der Waals surface area contributed by atoms with Crippen LogP contribution in [0, 0.1) is 68.0 Å². The molecular weight excluding hydrogens is 1930 g/mol. The number of rotatable bonds is 39.